The predicted molar refractivity (Wildman–Crippen MR) is 128 cm³/mol. The molecule has 35 heavy (non-hydrogen) atoms. The van der Waals surface area contributed by atoms with Gasteiger partial charge in [-0.3, -0.25) is 10.1 Å². The van der Waals surface area contributed by atoms with E-state index in [9.17, 15) is 14.9 Å². The first-order chi connectivity index (χ1) is 17.0. The van der Waals surface area contributed by atoms with Crippen molar-refractivity contribution in [2.45, 2.75) is 19.6 Å². The number of para-hydroxylation sites is 1. The van der Waals surface area contributed by atoms with Crippen molar-refractivity contribution in [1.82, 2.24) is 14.8 Å². The molecule has 5 aromatic rings. The van der Waals surface area contributed by atoms with Crippen LogP contribution >= 0.6 is 0 Å². The van der Waals surface area contributed by atoms with Crippen molar-refractivity contribution in [3.8, 4) is 11.5 Å². The fraction of sp³-hybridized carbons (Fsp3) is 0.115. The maximum atomic E-state index is 13.1. The quantitative estimate of drug-likeness (QED) is 0.174. The summed E-state index contributed by atoms with van der Waals surface area (Å²) in [6, 6.07) is 23.4. The Hall–Kier alpha value is -4.79. The highest BCUT2D eigenvalue weighted by atomic mass is 16.6. The first kappa shape index (κ1) is 22.0. The molecule has 9 heteroatoms. The second-order valence-electron chi connectivity index (χ2n) is 7.97. The van der Waals surface area contributed by atoms with Gasteiger partial charge in [-0.05, 0) is 30.7 Å². The average Bonchev–Trinajstić information content (AvgIpc) is 3.51. The van der Waals surface area contributed by atoms with E-state index in [1.54, 1.807) is 13.1 Å². The molecule has 2 aromatic heterocycles. The molecule has 0 radical (unpaired) electrons. The van der Waals surface area contributed by atoms with Gasteiger partial charge in [-0.25, -0.2) is 4.79 Å². The molecule has 0 aliphatic carbocycles. The maximum absolute atomic E-state index is 13.1. The minimum Gasteiger partial charge on any atom is -0.449 e. The van der Waals surface area contributed by atoms with Gasteiger partial charge in [-0.1, -0.05) is 48.5 Å². The smallest absolute Gasteiger partial charge is 0.341 e. The molecule has 1 unspecified atom stereocenters. The Bertz CT molecular complexity index is 1510. The second-order valence-corrected chi connectivity index (χ2v) is 7.97. The highest BCUT2D eigenvalue weighted by molar-refractivity contribution is 6.04. The number of non-ortho nitro benzene ring substituents is 1. The topological polar surface area (TPSA) is 113 Å². The summed E-state index contributed by atoms with van der Waals surface area (Å²) in [6.07, 6.45) is 1.00. The van der Waals surface area contributed by atoms with Crippen molar-refractivity contribution in [1.29, 1.82) is 0 Å². The van der Waals surface area contributed by atoms with Crippen molar-refractivity contribution < 1.29 is 18.9 Å². The Morgan fingerprint density at radius 1 is 1.03 bits per heavy atom. The van der Waals surface area contributed by atoms with E-state index >= 15 is 0 Å². The van der Waals surface area contributed by atoms with Gasteiger partial charge in [0.2, 0.25) is 5.89 Å². The predicted octanol–water partition coefficient (Wildman–Crippen LogP) is 5.57. The molecule has 0 saturated heterocycles. The largest absolute Gasteiger partial charge is 0.449 e. The normalized spacial score (nSPS) is 11.9. The Balaban J connectivity index is 1.35. The number of nitro benzene ring substituents is 1. The van der Waals surface area contributed by atoms with Gasteiger partial charge < -0.3 is 13.7 Å². The molecule has 0 aliphatic rings. The molecule has 0 aliphatic heterocycles. The van der Waals surface area contributed by atoms with E-state index in [-0.39, 0.29) is 17.5 Å². The summed E-state index contributed by atoms with van der Waals surface area (Å²) in [5.41, 5.74) is 2.97. The SMILES string of the molecule is CC(OC(=O)c1cn(Cc2ccccc2)c2ccccc12)c1nnc(-c2ccc([N+](=O)[O-])cc2)o1. The lowest BCUT2D eigenvalue weighted by Gasteiger charge is -2.08. The minimum atomic E-state index is -0.793. The van der Waals surface area contributed by atoms with Crippen LogP contribution in [0.1, 0.15) is 34.8 Å². The summed E-state index contributed by atoms with van der Waals surface area (Å²) in [7, 11) is 0. The van der Waals surface area contributed by atoms with E-state index in [4.69, 9.17) is 9.15 Å². The van der Waals surface area contributed by atoms with E-state index in [0.717, 1.165) is 16.5 Å². The number of nitrogens with zero attached hydrogens (tertiary/aromatic N) is 4. The number of hydrogen-bond acceptors (Lipinski definition) is 7. The Kier molecular flexibility index (Phi) is 5.80. The molecule has 174 valence electrons. The van der Waals surface area contributed by atoms with Crippen LogP contribution in [0.25, 0.3) is 22.4 Å². The van der Waals surface area contributed by atoms with Crippen LogP contribution in [0.2, 0.25) is 0 Å². The van der Waals surface area contributed by atoms with E-state index in [2.05, 4.69) is 10.2 Å². The zero-order valence-electron chi connectivity index (χ0n) is 18.7. The number of benzene rings is 3. The highest BCUT2D eigenvalue weighted by Crippen LogP contribution is 2.27. The number of nitro groups is 1. The van der Waals surface area contributed by atoms with Crippen molar-refractivity contribution in [2.24, 2.45) is 0 Å². The molecule has 0 saturated carbocycles. The standard InChI is InChI=1S/C26H20N4O5/c1-17(24-27-28-25(35-24)19-11-13-20(14-12-19)30(32)33)34-26(31)22-16-29(15-18-7-3-2-4-8-18)23-10-6-5-9-21(22)23/h2-14,16-17H,15H2,1H3. The van der Waals surface area contributed by atoms with E-state index in [1.807, 2.05) is 59.2 Å². The van der Waals surface area contributed by atoms with Crippen molar-refractivity contribution in [3.05, 3.63) is 112 Å². The zero-order valence-corrected chi connectivity index (χ0v) is 18.7. The molecule has 0 fully saturated rings. The number of esters is 1. The van der Waals surface area contributed by atoms with Gasteiger partial charge in [-0.15, -0.1) is 10.2 Å². The van der Waals surface area contributed by atoms with E-state index in [0.29, 0.717) is 17.7 Å². The summed E-state index contributed by atoms with van der Waals surface area (Å²) in [5, 5.41) is 19.6. The lowest BCUT2D eigenvalue weighted by atomic mass is 10.2. The Morgan fingerprint density at radius 3 is 2.49 bits per heavy atom. The molecular formula is C26H20N4O5. The van der Waals surface area contributed by atoms with Crippen LogP contribution in [0.15, 0.2) is 89.5 Å². The average molecular weight is 468 g/mol. The van der Waals surface area contributed by atoms with Crippen LogP contribution in [-0.4, -0.2) is 25.7 Å². The number of ether oxygens (including phenoxy) is 1. The second kappa shape index (κ2) is 9.22. The third-order valence-corrected chi connectivity index (χ3v) is 5.60. The maximum Gasteiger partial charge on any atom is 0.341 e. The fourth-order valence-electron chi connectivity index (χ4n) is 3.84. The third kappa shape index (κ3) is 4.51. The summed E-state index contributed by atoms with van der Waals surface area (Å²) in [4.78, 5) is 23.5. The first-order valence-corrected chi connectivity index (χ1v) is 10.9. The molecule has 0 spiro atoms. The highest BCUT2D eigenvalue weighted by Gasteiger charge is 2.23. The third-order valence-electron chi connectivity index (χ3n) is 5.60. The molecule has 3 aromatic carbocycles. The monoisotopic (exact) mass is 468 g/mol. The first-order valence-electron chi connectivity index (χ1n) is 10.9. The molecule has 0 N–H and O–H groups in total. The van der Waals surface area contributed by atoms with Gasteiger partial charge in [0.25, 0.3) is 11.6 Å². The van der Waals surface area contributed by atoms with Gasteiger partial charge in [0.15, 0.2) is 6.10 Å². The molecule has 0 bridgehead atoms. The molecule has 5 rings (SSSR count). The van der Waals surface area contributed by atoms with Crippen LogP contribution in [0, 0.1) is 10.1 Å². The van der Waals surface area contributed by atoms with Crippen LogP contribution in [0.4, 0.5) is 5.69 Å². The molecule has 2 heterocycles. The van der Waals surface area contributed by atoms with Gasteiger partial charge in [0.05, 0.1) is 10.5 Å². The fourth-order valence-corrected chi connectivity index (χ4v) is 3.84. The summed E-state index contributed by atoms with van der Waals surface area (Å²) in [6.45, 7) is 2.26. The zero-order chi connectivity index (χ0) is 24.4. The van der Waals surface area contributed by atoms with Gasteiger partial charge in [-0.2, -0.15) is 0 Å². The van der Waals surface area contributed by atoms with Crippen LogP contribution < -0.4 is 0 Å². The molecule has 0 amide bonds. The van der Waals surface area contributed by atoms with Gasteiger partial charge in [0.1, 0.15) is 0 Å². The minimum absolute atomic E-state index is 0.0396. The van der Waals surface area contributed by atoms with Crippen molar-refractivity contribution in [2.75, 3.05) is 0 Å². The van der Waals surface area contributed by atoms with Gasteiger partial charge in [0, 0.05) is 41.3 Å². The summed E-state index contributed by atoms with van der Waals surface area (Å²) >= 11 is 0. The van der Waals surface area contributed by atoms with Crippen molar-refractivity contribution in [3.63, 3.8) is 0 Å². The number of aromatic nitrogens is 3. The van der Waals surface area contributed by atoms with Crippen LogP contribution in [0.3, 0.4) is 0 Å². The lowest BCUT2D eigenvalue weighted by molar-refractivity contribution is -0.384. The van der Waals surface area contributed by atoms with Crippen LogP contribution in [-0.2, 0) is 11.3 Å². The Morgan fingerprint density at radius 2 is 1.74 bits per heavy atom. The number of fused-ring (bicyclic) bond motifs is 1. The van der Waals surface area contributed by atoms with Crippen molar-refractivity contribution >= 4 is 22.6 Å². The number of carbonyl (C=O) groups excluding carboxylic acids is 1. The molecular weight excluding hydrogens is 448 g/mol. The van der Waals surface area contributed by atoms with E-state index in [1.165, 1.54) is 24.3 Å². The molecule has 1 atom stereocenters. The van der Waals surface area contributed by atoms with Crippen LogP contribution in [0.5, 0.6) is 0 Å². The Labute approximate surface area is 199 Å². The lowest BCUT2D eigenvalue weighted by Crippen LogP contribution is -2.09. The van der Waals surface area contributed by atoms with E-state index < -0.39 is 17.0 Å². The molecule has 9 nitrogen and oxygen atoms in total. The summed E-state index contributed by atoms with van der Waals surface area (Å²) < 4.78 is 13.3. The summed E-state index contributed by atoms with van der Waals surface area (Å²) in [5.74, 6) is -0.201. The number of hydrogen-bond donors (Lipinski definition) is 0. The number of carbonyl (C=O) groups is 1. The number of rotatable bonds is 7. The van der Waals surface area contributed by atoms with Gasteiger partial charge >= 0.3 is 5.97 Å².